The highest BCUT2D eigenvalue weighted by Gasteiger charge is 2.27. The Morgan fingerprint density at radius 1 is 1.20 bits per heavy atom. The normalized spacial score (nSPS) is 28.7. The SMILES string of the molecule is C#CCCC(O)C1CCC(C(C)C)CC1. The molecular formula is C14H24O. The van der Waals surface area contributed by atoms with E-state index in [9.17, 15) is 5.11 Å². The standard InChI is InChI=1S/C14H24O/c1-4-5-6-14(15)13-9-7-12(8-10-13)11(2)3/h1,11-15H,5-10H2,2-3H3. The molecule has 1 aliphatic rings. The summed E-state index contributed by atoms with van der Waals surface area (Å²) in [6, 6.07) is 0. The molecule has 0 saturated heterocycles. The van der Waals surface area contributed by atoms with Crippen LogP contribution in [0.2, 0.25) is 0 Å². The van der Waals surface area contributed by atoms with Crippen molar-refractivity contribution in [2.45, 2.75) is 58.5 Å². The first-order valence-electron chi connectivity index (χ1n) is 6.26. The summed E-state index contributed by atoms with van der Waals surface area (Å²) in [5.74, 6) is 4.79. The molecule has 0 aromatic rings. The molecule has 0 aromatic carbocycles. The van der Waals surface area contributed by atoms with Crippen LogP contribution < -0.4 is 0 Å². The van der Waals surface area contributed by atoms with Crippen LogP contribution in [0, 0.1) is 30.1 Å². The summed E-state index contributed by atoms with van der Waals surface area (Å²) in [6.45, 7) is 4.61. The Morgan fingerprint density at radius 3 is 2.20 bits per heavy atom. The Balaban J connectivity index is 2.27. The third-order valence-electron chi connectivity index (χ3n) is 3.89. The molecule has 0 aliphatic heterocycles. The molecule has 0 radical (unpaired) electrons. The van der Waals surface area contributed by atoms with Crippen molar-refractivity contribution in [3.63, 3.8) is 0 Å². The van der Waals surface area contributed by atoms with Crippen molar-refractivity contribution in [1.29, 1.82) is 0 Å². The Hall–Kier alpha value is -0.480. The first-order valence-corrected chi connectivity index (χ1v) is 6.26. The van der Waals surface area contributed by atoms with Gasteiger partial charge in [-0.25, -0.2) is 0 Å². The van der Waals surface area contributed by atoms with Crippen LogP contribution in [0.1, 0.15) is 52.4 Å². The second kappa shape index (κ2) is 6.18. The Labute approximate surface area is 94.3 Å². The predicted octanol–water partition coefficient (Wildman–Crippen LogP) is 3.22. The third-order valence-corrected chi connectivity index (χ3v) is 3.89. The van der Waals surface area contributed by atoms with Crippen molar-refractivity contribution >= 4 is 0 Å². The zero-order valence-corrected chi connectivity index (χ0v) is 10.1. The fourth-order valence-corrected chi connectivity index (χ4v) is 2.66. The maximum Gasteiger partial charge on any atom is 0.0577 e. The molecule has 1 saturated carbocycles. The molecule has 1 atom stereocenters. The fourth-order valence-electron chi connectivity index (χ4n) is 2.66. The van der Waals surface area contributed by atoms with Gasteiger partial charge in [-0.05, 0) is 49.9 Å². The number of hydrogen-bond donors (Lipinski definition) is 1. The number of aliphatic hydroxyl groups excluding tert-OH is 1. The van der Waals surface area contributed by atoms with Gasteiger partial charge in [-0.2, -0.15) is 0 Å². The van der Waals surface area contributed by atoms with Gasteiger partial charge in [-0.15, -0.1) is 12.3 Å². The average Bonchev–Trinajstić information content (AvgIpc) is 2.26. The van der Waals surface area contributed by atoms with E-state index in [2.05, 4.69) is 19.8 Å². The molecule has 86 valence electrons. The van der Waals surface area contributed by atoms with Crippen molar-refractivity contribution in [2.24, 2.45) is 17.8 Å². The van der Waals surface area contributed by atoms with Crippen LogP contribution in [0.4, 0.5) is 0 Å². The topological polar surface area (TPSA) is 20.2 Å². The molecule has 0 spiro atoms. The molecule has 15 heavy (non-hydrogen) atoms. The van der Waals surface area contributed by atoms with E-state index in [0.29, 0.717) is 12.3 Å². The molecule has 0 bridgehead atoms. The van der Waals surface area contributed by atoms with E-state index < -0.39 is 0 Å². The fraction of sp³-hybridized carbons (Fsp3) is 0.857. The Morgan fingerprint density at radius 2 is 1.73 bits per heavy atom. The number of aliphatic hydroxyl groups is 1. The smallest absolute Gasteiger partial charge is 0.0577 e. The van der Waals surface area contributed by atoms with Crippen molar-refractivity contribution in [2.75, 3.05) is 0 Å². The largest absolute Gasteiger partial charge is 0.393 e. The maximum absolute atomic E-state index is 9.93. The van der Waals surface area contributed by atoms with Crippen molar-refractivity contribution < 1.29 is 5.11 Å². The summed E-state index contributed by atoms with van der Waals surface area (Å²) in [6.07, 6.45) is 11.5. The van der Waals surface area contributed by atoms with E-state index in [1.54, 1.807) is 0 Å². The summed E-state index contributed by atoms with van der Waals surface area (Å²) in [7, 11) is 0. The lowest BCUT2D eigenvalue weighted by Gasteiger charge is -2.33. The highest BCUT2D eigenvalue weighted by Crippen LogP contribution is 2.35. The molecule has 0 aromatic heterocycles. The lowest BCUT2D eigenvalue weighted by Crippen LogP contribution is -2.27. The summed E-state index contributed by atoms with van der Waals surface area (Å²) < 4.78 is 0. The highest BCUT2D eigenvalue weighted by atomic mass is 16.3. The van der Waals surface area contributed by atoms with Gasteiger partial charge in [0, 0.05) is 6.42 Å². The molecule has 0 heterocycles. The maximum atomic E-state index is 9.93. The van der Waals surface area contributed by atoms with Crippen molar-refractivity contribution in [1.82, 2.24) is 0 Å². The molecule has 1 rings (SSSR count). The lowest BCUT2D eigenvalue weighted by molar-refractivity contribution is 0.0620. The van der Waals surface area contributed by atoms with Crippen LogP contribution in [0.3, 0.4) is 0 Å². The second-order valence-corrected chi connectivity index (χ2v) is 5.23. The number of rotatable bonds is 4. The highest BCUT2D eigenvalue weighted by molar-refractivity contribution is 4.86. The number of hydrogen-bond acceptors (Lipinski definition) is 1. The Bertz CT molecular complexity index is 206. The number of terminal acetylenes is 1. The molecule has 1 aliphatic carbocycles. The van der Waals surface area contributed by atoms with Crippen LogP contribution in [-0.2, 0) is 0 Å². The summed E-state index contributed by atoms with van der Waals surface area (Å²) in [4.78, 5) is 0. The van der Waals surface area contributed by atoms with Gasteiger partial charge >= 0.3 is 0 Å². The minimum absolute atomic E-state index is 0.158. The minimum Gasteiger partial charge on any atom is -0.393 e. The van der Waals surface area contributed by atoms with Gasteiger partial charge in [0.1, 0.15) is 0 Å². The summed E-state index contributed by atoms with van der Waals surface area (Å²) in [5.41, 5.74) is 0. The van der Waals surface area contributed by atoms with E-state index in [4.69, 9.17) is 6.42 Å². The first kappa shape index (κ1) is 12.6. The van der Waals surface area contributed by atoms with E-state index in [1.807, 2.05) is 0 Å². The van der Waals surface area contributed by atoms with E-state index in [-0.39, 0.29) is 6.10 Å². The molecule has 1 nitrogen and oxygen atoms in total. The zero-order chi connectivity index (χ0) is 11.3. The van der Waals surface area contributed by atoms with E-state index in [0.717, 1.165) is 18.3 Å². The van der Waals surface area contributed by atoms with Gasteiger partial charge < -0.3 is 5.11 Å². The van der Waals surface area contributed by atoms with E-state index in [1.165, 1.54) is 25.7 Å². The van der Waals surface area contributed by atoms with Gasteiger partial charge in [0.25, 0.3) is 0 Å². The van der Waals surface area contributed by atoms with Gasteiger partial charge in [-0.1, -0.05) is 13.8 Å². The van der Waals surface area contributed by atoms with Gasteiger partial charge in [-0.3, -0.25) is 0 Å². The van der Waals surface area contributed by atoms with Crippen LogP contribution >= 0.6 is 0 Å². The van der Waals surface area contributed by atoms with Crippen molar-refractivity contribution in [3.8, 4) is 12.3 Å². The second-order valence-electron chi connectivity index (χ2n) is 5.23. The van der Waals surface area contributed by atoms with Gasteiger partial charge in [0.2, 0.25) is 0 Å². The van der Waals surface area contributed by atoms with E-state index >= 15 is 0 Å². The summed E-state index contributed by atoms with van der Waals surface area (Å²) >= 11 is 0. The van der Waals surface area contributed by atoms with Crippen molar-refractivity contribution in [3.05, 3.63) is 0 Å². The van der Waals surface area contributed by atoms with Crippen LogP contribution in [0.15, 0.2) is 0 Å². The first-order chi connectivity index (χ1) is 7.15. The average molecular weight is 208 g/mol. The van der Waals surface area contributed by atoms with Crippen LogP contribution in [-0.4, -0.2) is 11.2 Å². The minimum atomic E-state index is -0.158. The molecule has 1 fully saturated rings. The summed E-state index contributed by atoms with van der Waals surface area (Å²) in [5, 5.41) is 9.93. The molecular weight excluding hydrogens is 184 g/mol. The lowest BCUT2D eigenvalue weighted by atomic mass is 9.74. The van der Waals surface area contributed by atoms with Crippen LogP contribution in [0.5, 0.6) is 0 Å². The predicted molar refractivity (Wildman–Crippen MR) is 64.4 cm³/mol. The molecule has 1 N–H and O–H groups in total. The van der Waals surface area contributed by atoms with Gasteiger partial charge in [0.15, 0.2) is 0 Å². The van der Waals surface area contributed by atoms with Gasteiger partial charge in [0.05, 0.1) is 6.10 Å². The Kier molecular flexibility index (Phi) is 5.19. The molecule has 1 heteroatoms. The molecule has 1 unspecified atom stereocenters. The quantitative estimate of drug-likeness (QED) is 0.703. The monoisotopic (exact) mass is 208 g/mol. The zero-order valence-electron chi connectivity index (χ0n) is 10.1. The van der Waals surface area contributed by atoms with Crippen LogP contribution in [0.25, 0.3) is 0 Å². The molecule has 0 amide bonds. The third kappa shape index (κ3) is 3.87.